The Balaban J connectivity index is 2.56. The second-order valence-corrected chi connectivity index (χ2v) is 5.39. The van der Waals surface area contributed by atoms with Crippen molar-refractivity contribution in [3.05, 3.63) is 0 Å². The maximum absolute atomic E-state index is 11.4. The fourth-order valence-corrected chi connectivity index (χ4v) is 2.03. The molecule has 0 aliphatic carbocycles. The molecule has 0 aromatic rings. The summed E-state index contributed by atoms with van der Waals surface area (Å²) in [5.41, 5.74) is 0.165. The Morgan fingerprint density at radius 2 is 1.87 bits per heavy atom. The first-order chi connectivity index (χ1) is 6.91. The van der Waals surface area contributed by atoms with Crippen molar-refractivity contribution in [2.45, 2.75) is 58.1 Å². The molecule has 1 N–H and O–H groups in total. The van der Waals surface area contributed by atoms with Crippen molar-refractivity contribution < 1.29 is 9.90 Å². The monoisotopic (exact) mass is 213 g/mol. The molecule has 1 aliphatic heterocycles. The number of rotatable bonds is 0. The van der Waals surface area contributed by atoms with E-state index in [0.29, 0.717) is 12.8 Å². The van der Waals surface area contributed by atoms with Gasteiger partial charge in [-0.1, -0.05) is 0 Å². The van der Waals surface area contributed by atoms with Gasteiger partial charge in [0.25, 0.3) is 0 Å². The molecule has 1 fully saturated rings. The van der Waals surface area contributed by atoms with E-state index in [9.17, 15) is 9.90 Å². The van der Waals surface area contributed by atoms with Gasteiger partial charge in [0.2, 0.25) is 0 Å². The van der Waals surface area contributed by atoms with Gasteiger partial charge in [-0.25, -0.2) is 0 Å². The largest absolute Gasteiger partial charge is 0.385 e. The zero-order chi connectivity index (χ0) is 11.5. The van der Waals surface area contributed by atoms with Crippen molar-refractivity contribution in [2.75, 3.05) is 13.1 Å². The van der Waals surface area contributed by atoms with E-state index < -0.39 is 6.10 Å². The lowest BCUT2D eigenvalue weighted by atomic mass is 10.1. The highest BCUT2D eigenvalue weighted by Crippen LogP contribution is 2.18. The third-order valence-corrected chi connectivity index (χ3v) is 3.08. The Kier molecular flexibility index (Phi) is 4.29. The minimum Gasteiger partial charge on any atom is -0.385 e. The highest BCUT2D eigenvalue weighted by Gasteiger charge is 2.24. The molecule has 0 aromatic heterocycles. The van der Waals surface area contributed by atoms with E-state index in [1.165, 1.54) is 0 Å². The third-order valence-electron chi connectivity index (χ3n) is 3.08. The quantitative estimate of drug-likeness (QED) is 0.664. The summed E-state index contributed by atoms with van der Waals surface area (Å²) in [6, 6.07) is 0. The summed E-state index contributed by atoms with van der Waals surface area (Å²) < 4.78 is 0. The van der Waals surface area contributed by atoms with Gasteiger partial charge in [-0.05, 0) is 53.1 Å². The molecule has 0 amide bonds. The second-order valence-electron chi connectivity index (χ2n) is 5.39. The van der Waals surface area contributed by atoms with E-state index in [2.05, 4.69) is 25.7 Å². The predicted octanol–water partition coefficient (Wildman–Crippen LogP) is 1.59. The average molecular weight is 213 g/mol. The average Bonchev–Trinajstić information content (AvgIpc) is 2.19. The van der Waals surface area contributed by atoms with Gasteiger partial charge in [0.1, 0.15) is 6.10 Å². The molecule has 1 rings (SSSR count). The van der Waals surface area contributed by atoms with Gasteiger partial charge in [0, 0.05) is 12.0 Å². The number of nitrogens with zero attached hydrogens (tertiary/aromatic N) is 1. The minimum absolute atomic E-state index is 0.0192. The van der Waals surface area contributed by atoms with Crippen LogP contribution in [0.4, 0.5) is 0 Å². The molecule has 1 aliphatic rings. The molecule has 15 heavy (non-hydrogen) atoms. The lowest BCUT2D eigenvalue weighted by Gasteiger charge is -2.35. The summed E-state index contributed by atoms with van der Waals surface area (Å²) in [4.78, 5) is 13.8. The first kappa shape index (κ1) is 12.7. The van der Waals surface area contributed by atoms with Crippen molar-refractivity contribution in [1.29, 1.82) is 0 Å². The molecule has 0 saturated carbocycles. The Hall–Kier alpha value is -0.410. The molecule has 1 saturated heterocycles. The van der Waals surface area contributed by atoms with Crippen LogP contribution in [0.2, 0.25) is 0 Å². The van der Waals surface area contributed by atoms with Gasteiger partial charge < -0.3 is 5.11 Å². The molecular weight excluding hydrogens is 190 g/mol. The fourth-order valence-electron chi connectivity index (χ4n) is 2.03. The SMILES string of the molecule is CC(C)(C)N1CCCC(=O)C(O)CCC1. The fraction of sp³-hybridized carbons (Fsp3) is 0.917. The second kappa shape index (κ2) is 5.08. The van der Waals surface area contributed by atoms with Gasteiger partial charge in [-0.15, -0.1) is 0 Å². The van der Waals surface area contributed by atoms with E-state index in [-0.39, 0.29) is 11.3 Å². The van der Waals surface area contributed by atoms with Crippen LogP contribution in [0, 0.1) is 0 Å². The molecule has 0 spiro atoms. The van der Waals surface area contributed by atoms with Gasteiger partial charge in [0.15, 0.2) is 5.78 Å². The first-order valence-corrected chi connectivity index (χ1v) is 5.87. The normalized spacial score (nSPS) is 26.9. The molecular formula is C12H23NO2. The van der Waals surface area contributed by atoms with Crippen molar-refractivity contribution in [3.8, 4) is 0 Å². The van der Waals surface area contributed by atoms with E-state index in [1.807, 2.05) is 0 Å². The zero-order valence-electron chi connectivity index (χ0n) is 10.1. The highest BCUT2D eigenvalue weighted by molar-refractivity contribution is 5.82. The van der Waals surface area contributed by atoms with Crippen LogP contribution >= 0.6 is 0 Å². The van der Waals surface area contributed by atoms with Gasteiger partial charge in [-0.3, -0.25) is 9.69 Å². The lowest BCUT2D eigenvalue weighted by molar-refractivity contribution is -0.127. The molecule has 1 heterocycles. The van der Waals surface area contributed by atoms with E-state index >= 15 is 0 Å². The van der Waals surface area contributed by atoms with Crippen molar-refractivity contribution in [1.82, 2.24) is 4.90 Å². The summed E-state index contributed by atoms with van der Waals surface area (Å²) >= 11 is 0. The van der Waals surface area contributed by atoms with Crippen molar-refractivity contribution in [3.63, 3.8) is 0 Å². The van der Waals surface area contributed by atoms with E-state index in [0.717, 1.165) is 25.9 Å². The standard InChI is InChI=1S/C12H23NO2/c1-12(2,3)13-8-4-6-10(14)11(15)7-5-9-13/h10,14H,4-9H2,1-3H3. The van der Waals surface area contributed by atoms with Gasteiger partial charge in [-0.2, -0.15) is 0 Å². The summed E-state index contributed by atoms with van der Waals surface area (Å²) in [7, 11) is 0. The van der Waals surface area contributed by atoms with Crippen LogP contribution in [0.1, 0.15) is 46.5 Å². The minimum atomic E-state index is -0.718. The number of Topliss-reactive ketones (excluding diaryl/α,β-unsaturated/α-hetero) is 1. The van der Waals surface area contributed by atoms with Crippen LogP contribution in [0.25, 0.3) is 0 Å². The van der Waals surface area contributed by atoms with Crippen molar-refractivity contribution >= 4 is 5.78 Å². The number of carbonyl (C=O) groups excluding carboxylic acids is 1. The van der Waals surface area contributed by atoms with Crippen LogP contribution in [-0.4, -0.2) is 40.5 Å². The summed E-state index contributed by atoms with van der Waals surface area (Å²) in [5.74, 6) is 0.0192. The first-order valence-electron chi connectivity index (χ1n) is 5.87. The van der Waals surface area contributed by atoms with Gasteiger partial charge in [0.05, 0.1) is 0 Å². The van der Waals surface area contributed by atoms with Crippen LogP contribution in [0.3, 0.4) is 0 Å². The predicted molar refractivity (Wildman–Crippen MR) is 60.8 cm³/mol. The number of hydrogen-bond donors (Lipinski definition) is 1. The molecule has 0 aromatic carbocycles. The highest BCUT2D eigenvalue weighted by atomic mass is 16.3. The van der Waals surface area contributed by atoms with E-state index in [4.69, 9.17) is 0 Å². The summed E-state index contributed by atoms with van der Waals surface area (Å²) in [5, 5.41) is 9.53. The van der Waals surface area contributed by atoms with Crippen LogP contribution in [0.5, 0.6) is 0 Å². The van der Waals surface area contributed by atoms with Gasteiger partial charge >= 0.3 is 0 Å². The number of hydrogen-bond acceptors (Lipinski definition) is 3. The summed E-state index contributed by atoms with van der Waals surface area (Å²) in [6.45, 7) is 8.53. The smallest absolute Gasteiger partial charge is 0.161 e. The molecule has 0 bridgehead atoms. The lowest BCUT2D eigenvalue weighted by Crippen LogP contribution is -2.42. The number of aliphatic hydroxyl groups excluding tert-OH is 1. The molecule has 3 heteroatoms. The molecule has 1 atom stereocenters. The van der Waals surface area contributed by atoms with Crippen LogP contribution in [0.15, 0.2) is 0 Å². The van der Waals surface area contributed by atoms with Crippen LogP contribution < -0.4 is 0 Å². The number of aliphatic hydroxyl groups is 1. The zero-order valence-corrected chi connectivity index (χ0v) is 10.1. The molecule has 0 radical (unpaired) electrons. The molecule has 1 unspecified atom stereocenters. The Bertz CT molecular complexity index is 220. The number of ketones is 1. The van der Waals surface area contributed by atoms with Crippen molar-refractivity contribution in [2.24, 2.45) is 0 Å². The number of carbonyl (C=O) groups is 1. The topological polar surface area (TPSA) is 40.5 Å². The Morgan fingerprint density at radius 1 is 1.27 bits per heavy atom. The maximum atomic E-state index is 11.4. The molecule has 88 valence electrons. The maximum Gasteiger partial charge on any atom is 0.161 e. The molecule has 3 nitrogen and oxygen atoms in total. The third kappa shape index (κ3) is 3.92. The Morgan fingerprint density at radius 3 is 2.47 bits per heavy atom. The van der Waals surface area contributed by atoms with E-state index in [1.54, 1.807) is 0 Å². The van der Waals surface area contributed by atoms with Crippen LogP contribution in [-0.2, 0) is 4.79 Å². The Labute approximate surface area is 92.5 Å². The summed E-state index contributed by atoms with van der Waals surface area (Å²) in [6.07, 6.45) is 2.20.